The zero-order chi connectivity index (χ0) is 13.5. The predicted molar refractivity (Wildman–Crippen MR) is 67.9 cm³/mol. The third-order valence-electron chi connectivity index (χ3n) is 2.57. The molecule has 1 aromatic rings. The molecule has 1 aromatic heterocycles. The zero-order valence-corrected chi connectivity index (χ0v) is 10.8. The van der Waals surface area contributed by atoms with Gasteiger partial charge in [0.25, 0.3) is 0 Å². The van der Waals surface area contributed by atoms with Crippen LogP contribution in [-0.2, 0) is 0 Å². The molecule has 18 heavy (non-hydrogen) atoms. The van der Waals surface area contributed by atoms with E-state index in [0.717, 1.165) is 12.8 Å². The number of aryl methyl sites for hydroxylation is 1. The van der Waals surface area contributed by atoms with Crippen LogP contribution in [0, 0.1) is 6.92 Å². The highest BCUT2D eigenvalue weighted by Crippen LogP contribution is 2.17. The highest BCUT2D eigenvalue weighted by molar-refractivity contribution is 5.92. The lowest BCUT2D eigenvalue weighted by atomic mass is 10.2. The van der Waals surface area contributed by atoms with Crippen LogP contribution in [0.2, 0.25) is 0 Å². The fourth-order valence-corrected chi connectivity index (χ4v) is 1.64. The van der Waals surface area contributed by atoms with Crippen LogP contribution in [0.15, 0.2) is 6.20 Å². The van der Waals surface area contributed by atoms with Crippen LogP contribution in [0.3, 0.4) is 0 Å². The summed E-state index contributed by atoms with van der Waals surface area (Å²) in [6.45, 7) is 4.78. The molecule has 0 amide bonds. The average Bonchev–Trinajstić information content (AvgIpc) is 2.34. The summed E-state index contributed by atoms with van der Waals surface area (Å²) >= 11 is 0. The molecular formula is C12H19N3O3. The first-order valence-electron chi connectivity index (χ1n) is 6.02. The fourth-order valence-electron chi connectivity index (χ4n) is 1.64. The highest BCUT2D eigenvalue weighted by atomic mass is 16.4. The monoisotopic (exact) mass is 253 g/mol. The summed E-state index contributed by atoms with van der Waals surface area (Å²) in [4.78, 5) is 21.0. The van der Waals surface area contributed by atoms with Gasteiger partial charge < -0.3 is 15.1 Å². The predicted octanol–water partition coefficient (Wildman–Crippen LogP) is 1.08. The summed E-state index contributed by atoms with van der Waals surface area (Å²) in [7, 11) is 0. The number of rotatable bonds is 7. The van der Waals surface area contributed by atoms with E-state index in [1.165, 1.54) is 6.20 Å². The Bertz CT molecular complexity index is 410. The van der Waals surface area contributed by atoms with Crippen LogP contribution >= 0.6 is 0 Å². The lowest BCUT2D eigenvalue weighted by Gasteiger charge is -2.24. The van der Waals surface area contributed by atoms with Crippen LogP contribution in [0.25, 0.3) is 0 Å². The summed E-state index contributed by atoms with van der Waals surface area (Å²) < 4.78 is 0. The van der Waals surface area contributed by atoms with Crippen molar-refractivity contribution in [1.82, 2.24) is 9.97 Å². The Morgan fingerprint density at radius 2 is 2.17 bits per heavy atom. The van der Waals surface area contributed by atoms with Gasteiger partial charge in [-0.2, -0.15) is 0 Å². The second kappa shape index (κ2) is 6.90. The van der Waals surface area contributed by atoms with Crippen molar-refractivity contribution in [2.45, 2.75) is 26.7 Å². The Morgan fingerprint density at radius 1 is 1.44 bits per heavy atom. The first kappa shape index (κ1) is 14.4. The first-order chi connectivity index (χ1) is 8.60. The van der Waals surface area contributed by atoms with Gasteiger partial charge in [0.1, 0.15) is 17.2 Å². The molecule has 0 aliphatic carbocycles. The number of carboxylic acids is 1. The largest absolute Gasteiger partial charge is 0.477 e. The van der Waals surface area contributed by atoms with E-state index in [2.05, 4.69) is 16.9 Å². The second-order valence-corrected chi connectivity index (χ2v) is 4.02. The van der Waals surface area contributed by atoms with E-state index in [1.54, 1.807) is 11.8 Å². The van der Waals surface area contributed by atoms with Crippen LogP contribution in [0.4, 0.5) is 5.82 Å². The summed E-state index contributed by atoms with van der Waals surface area (Å²) in [5.74, 6) is -0.142. The van der Waals surface area contributed by atoms with Gasteiger partial charge in [-0.3, -0.25) is 0 Å². The molecule has 0 fully saturated rings. The normalized spacial score (nSPS) is 10.4. The second-order valence-electron chi connectivity index (χ2n) is 4.02. The van der Waals surface area contributed by atoms with Crippen LogP contribution < -0.4 is 4.90 Å². The van der Waals surface area contributed by atoms with Gasteiger partial charge in [0, 0.05) is 19.3 Å². The number of anilines is 1. The molecule has 0 saturated heterocycles. The molecular weight excluding hydrogens is 234 g/mol. The molecule has 0 bridgehead atoms. The van der Waals surface area contributed by atoms with Gasteiger partial charge in [-0.1, -0.05) is 13.3 Å². The summed E-state index contributed by atoms with van der Waals surface area (Å²) in [6, 6.07) is 0. The van der Waals surface area contributed by atoms with Crippen LogP contribution in [-0.4, -0.2) is 45.8 Å². The molecule has 0 aliphatic heterocycles. The molecule has 1 rings (SSSR count). The smallest absolute Gasteiger partial charge is 0.341 e. The quantitative estimate of drug-likeness (QED) is 0.756. The number of aliphatic hydroxyl groups is 1. The van der Waals surface area contributed by atoms with Gasteiger partial charge in [-0.25, -0.2) is 14.8 Å². The Labute approximate surface area is 106 Å². The van der Waals surface area contributed by atoms with Crippen molar-refractivity contribution in [2.75, 3.05) is 24.6 Å². The minimum atomic E-state index is -1.05. The van der Waals surface area contributed by atoms with E-state index in [4.69, 9.17) is 10.2 Å². The summed E-state index contributed by atoms with van der Waals surface area (Å²) in [5, 5.41) is 18.2. The SMILES string of the molecule is CCCCN(CCO)c1nc(C)ncc1C(=O)O. The van der Waals surface area contributed by atoms with E-state index in [0.29, 0.717) is 24.7 Å². The van der Waals surface area contributed by atoms with Crippen LogP contribution in [0.5, 0.6) is 0 Å². The van der Waals surface area contributed by atoms with Gasteiger partial charge in [-0.05, 0) is 13.3 Å². The van der Waals surface area contributed by atoms with E-state index in [1.807, 2.05) is 0 Å². The van der Waals surface area contributed by atoms with E-state index >= 15 is 0 Å². The molecule has 0 spiro atoms. The molecule has 0 atom stereocenters. The minimum absolute atomic E-state index is 0.0359. The Balaban J connectivity index is 3.07. The van der Waals surface area contributed by atoms with Crippen molar-refractivity contribution in [3.05, 3.63) is 17.6 Å². The topological polar surface area (TPSA) is 86.5 Å². The molecule has 2 N–H and O–H groups in total. The van der Waals surface area contributed by atoms with Crippen molar-refractivity contribution >= 4 is 11.8 Å². The third-order valence-corrected chi connectivity index (χ3v) is 2.57. The molecule has 0 saturated carbocycles. The molecule has 6 nitrogen and oxygen atoms in total. The molecule has 0 radical (unpaired) electrons. The van der Waals surface area contributed by atoms with Crippen LogP contribution in [0.1, 0.15) is 35.9 Å². The molecule has 100 valence electrons. The zero-order valence-electron chi connectivity index (χ0n) is 10.8. The number of nitrogens with zero attached hydrogens (tertiary/aromatic N) is 3. The molecule has 0 unspecified atom stereocenters. The van der Waals surface area contributed by atoms with Gasteiger partial charge in [0.05, 0.1) is 6.61 Å². The number of aromatic nitrogens is 2. The number of carboxylic acid groups (broad SMARTS) is 1. The van der Waals surface area contributed by atoms with Crippen molar-refractivity contribution < 1.29 is 15.0 Å². The minimum Gasteiger partial charge on any atom is -0.477 e. The highest BCUT2D eigenvalue weighted by Gasteiger charge is 2.18. The lowest BCUT2D eigenvalue weighted by molar-refractivity contribution is 0.0696. The maximum atomic E-state index is 11.1. The molecule has 0 aromatic carbocycles. The van der Waals surface area contributed by atoms with Crippen molar-refractivity contribution in [3.63, 3.8) is 0 Å². The molecule has 1 heterocycles. The van der Waals surface area contributed by atoms with E-state index in [-0.39, 0.29) is 12.2 Å². The molecule has 6 heteroatoms. The van der Waals surface area contributed by atoms with Gasteiger partial charge in [0.2, 0.25) is 0 Å². The third kappa shape index (κ3) is 3.66. The van der Waals surface area contributed by atoms with E-state index in [9.17, 15) is 4.79 Å². The number of unbranched alkanes of at least 4 members (excludes halogenated alkanes) is 1. The van der Waals surface area contributed by atoms with Crippen molar-refractivity contribution in [1.29, 1.82) is 0 Å². The molecule has 0 aliphatic rings. The van der Waals surface area contributed by atoms with Crippen molar-refractivity contribution in [3.8, 4) is 0 Å². The maximum Gasteiger partial charge on any atom is 0.341 e. The Hall–Kier alpha value is -1.69. The van der Waals surface area contributed by atoms with Gasteiger partial charge >= 0.3 is 5.97 Å². The fraction of sp³-hybridized carbons (Fsp3) is 0.583. The standard InChI is InChI=1S/C12H19N3O3/c1-3-4-5-15(6-7-16)11-10(12(17)18)8-13-9(2)14-11/h8,16H,3-7H2,1-2H3,(H,17,18). The van der Waals surface area contributed by atoms with Gasteiger partial charge in [-0.15, -0.1) is 0 Å². The summed E-state index contributed by atoms with van der Waals surface area (Å²) in [5.41, 5.74) is 0.0742. The van der Waals surface area contributed by atoms with Crippen molar-refractivity contribution in [2.24, 2.45) is 0 Å². The number of aliphatic hydroxyl groups excluding tert-OH is 1. The van der Waals surface area contributed by atoms with E-state index < -0.39 is 5.97 Å². The number of hydrogen-bond acceptors (Lipinski definition) is 5. The van der Waals surface area contributed by atoms with Gasteiger partial charge in [0.15, 0.2) is 0 Å². The number of carbonyl (C=O) groups is 1. The number of aromatic carboxylic acids is 1. The first-order valence-corrected chi connectivity index (χ1v) is 6.02. The lowest BCUT2D eigenvalue weighted by Crippen LogP contribution is -2.30. The Morgan fingerprint density at radius 3 is 2.72 bits per heavy atom. The number of hydrogen-bond donors (Lipinski definition) is 2. The average molecular weight is 253 g/mol. The maximum absolute atomic E-state index is 11.1. The summed E-state index contributed by atoms with van der Waals surface area (Å²) in [6.07, 6.45) is 3.23. The Kier molecular flexibility index (Phi) is 5.51.